The number of thioether (sulfide) groups is 1. The third-order valence-electron chi connectivity index (χ3n) is 3.14. The minimum absolute atomic E-state index is 0.131. The molecule has 1 fully saturated rings. The van der Waals surface area contributed by atoms with Crippen LogP contribution in [0.25, 0.3) is 0 Å². The minimum Gasteiger partial charge on any atom is -0.353 e. The van der Waals surface area contributed by atoms with Crippen molar-refractivity contribution < 1.29 is 14.4 Å². The van der Waals surface area contributed by atoms with Gasteiger partial charge in [-0.2, -0.15) is 0 Å². The largest absolute Gasteiger partial charge is 0.353 e. The Kier molecular flexibility index (Phi) is 7.34. The summed E-state index contributed by atoms with van der Waals surface area (Å²) >= 11 is 2.53. The van der Waals surface area contributed by atoms with Gasteiger partial charge in [0, 0.05) is 25.4 Å². The van der Waals surface area contributed by atoms with Crippen molar-refractivity contribution in [2.24, 2.45) is 0 Å². The highest BCUT2D eigenvalue weighted by molar-refractivity contribution is 8.00. The summed E-state index contributed by atoms with van der Waals surface area (Å²) in [6.45, 7) is 5.72. The molecular weight excluding hydrogens is 364 g/mol. The number of carbonyl (C=O) groups is 3. The zero-order chi connectivity index (χ0) is 18.2. The predicted octanol–water partition coefficient (Wildman–Crippen LogP) is -0.0278. The number of amides is 3. The summed E-state index contributed by atoms with van der Waals surface area (Å²) in [5, 5.41) is 20.1. The standard InChI is InChI=1S/C14H20N6O3S2/c1-3-4-15-10(21)5-9-6-11(22)17-13(16-9)24-7-12(23)18-14-20-19-8(2)25-14/h3,9,13,16H,1,4-7H2,2H3,(H,15,21)(H,17,22)(H,18,20,23). The molecule has 2 unspecified atom stereocenters. The first kappa shape index (κ1) is 19.3. The molecule has 9 nitrogen and oxygen atoms in total. The maximum Gasteiger partial charge on any atom is 0.236 e. The Morgan fingerprint density at radius 3 is 2.92 bits per heavy atom. The smallest absolute Gasteiger partial charge is 0.236 e. The van der Waals surface area contributed by atoms with Gasteiger partial charge in [0.25, 0.3) is 0 Å². The Morgan fingerprint density at radius 1 is 1.44 bits per heavy atom. The number of anilines is 1. The fourth-order valence-electron chi connectivity index (χ4n) is 2.11. The first-order chi connectivity index (χ1) is 12.0. The molecule has 25 heavy (non-hydrogen) atoms. The fraction of sp³-hybridized carbons (Fsp3) is 0.500. The van der Waals surface area contributed by atoms with Crippen molar-refractivity contribution in [3.05, 3.63) is 17.7 Å². The zero-order valence-corrected chi connectivity index (χ0v) is 15.3. The van der Waals surface area contributed by atoms with E-state index in [-0.39, 0.29) is 42.4 Å². The van der Waals surface area contributed by atoms with Crippen LogP contribution in [-0.4, -0.2) is 51.8 Å². The van der Waals surface area contributed by atoms with E-state index in [0.717, 1.165) is 5.01 Å². The Balaban J connectivity index is 1.76. The molecule has 3 amide bonds. The number of carbonyl (C=O) groups excluding carboxylic acids is 3. The van der Waals surface area contributed by atoms with Crippen LogP contribution in [0.1, 0.15) is 17.8 Å². The predicted molar refractivity (Wildman–Crippen MR) is 97.0 cm³/mol. The molecule has 2 heterocycles. The SMILES string of the molecule is C=CCNC(=O)CC1CC(=O)NC(SCC(=O)Nc2nnc(C)s2)N1. The maximum absolute atomic E-state index is 11.9. The van der Waals surface area contributed by atoms with Crippen molar-refractivity contribution in [2.45, 2.75) is 31.3 Å². The fourth-order valence-corrected chi connectivity index (χ4v) is 3.61. The lowest BCUT2D eigenvalue weighted by molar-refractivity contribution is -0.125. The van der Waals surface area contributed by atoms with Crippen LogP contribution < -0.4 is 21.3 Å². The molecule has 136 valence electrons. The summed E-state index contributed by atoms with van der Waals surface area (Å²) in [5.41, 5.74) is -0.430. The second-order valence-corrected chi connectivity index (χ2v) is 7.57. The second-order valence-electron chi connectivity index (χ2n) is 5.30. The van der Waals surface area contributed by atoms with Crippen molar-refractivity contribution >= 4 is 46.0 Å². The molecule has 0 aliphatic carbocycles. The topological polar surface area (TPSA) is 125 Å². The lowest BCUT2D eigenvalue weighted by atomic mass is 10.1. The molecule has 1 aliphatic heterocycles. The van der Waals surface area contributed by atoms with Crippen LogP contribution in [0.3, 0.4) is 0 Å². The summed E-state index contributed by atoms with van der Waals surface area (Å²) in [6, 6.07) is -0.273. The van der Waals surface area contributed by atoms with Gasteiger partial charge in [0.05, 0.1) is 5.75 Å². The first-order valence-corrected chi connectivity index (χ1v) is 9.47. The van der Waals surface area contributed by atoms with Crippen LogP contribution in [0.2, 0.25) is 0 Å². The van der Waals surface area contributed by atoms with Crippen LogP contribution >= 0.6 is 23.1 Å². The molecule has 1 aromatic heterocycles. The molecule has 0 radical (unpaired) electrons. The van der Waals surface area contributed by atoms with Crippen molar-refractivity contribution in [2.75, 3.05) is 17.6 Å². The summed E-state index contributed by atoms with van der Waals surface area (Å²) in [4.78, 5) is 35.4. The molecule has 0 bridgehead atoms. The zero-order valence-electron chi connectivity index (χ0n) is 13.7. The third-order valence-corrected chi connectivity index (χ3v) is 4.91. The maximum atomic E-state index is 11.9. The van der Waals surface area contributed by atoms with Crippen LogP contribution in [0.5, 0.6) is 0 Å². The molecule has 0 spiro atoms. The molecule has 2 atom stereocenters. The second kappa shape index (κ2) is 9.49. The van der Waals surface area contributed by atoms with Gasteiger partial charge in [-0.3, -0.25) is 25.0 Å². The highest BCUT2D eigenvalue weighted by atomic mass is 32.2. The lowest BCUT2D eigenvalue weighted by Gasteiger charge is -2.30. The summed E-state index contributed by atoms with van der Waals surface area (Å²) in [7, 11) is 0. The van der Waals surface area contributed by atoms with Gasteiger partial charge in [0.2, 0.25) is 22.9 Å². The van der Waals surface area contributed by atoms with Gasteiger partial charge >= 0.3 is 0 Å². The van der Waals surface area contributed by atoms with Gasteiger partial charge in [-0.05, 0) is 6.92 Å². The molecule has 0 aromatic carbocycles. The van der Waals surface area contributed by atoms with Gasteiger partial charge in [0.1, 0.15) is 10.5 Å². The van der Waals surface area contributed by atoms with E-state index in [1.807, 2.05) is 0 Å². The van der Waals surface area contributed by atoms with E-state index in [9.17, 15) is 14.4 Å². The number of nitrogens with zero attached hydrogens (tertiary/aromatic N) is 2. The van der Waals surface area contributed by atoms with Gasteiger partial charge in [-0.15, -0.1) is 28.5 Å². The van der Waals surface area contributed by atoms with E-state index >= 15 is 0 Å². The first-order valence-electron chi connectivity index (χ1n) is 7.61. The Morgan fingerprint density at radius 2 is 2.24 bits per heavy atom. The van der Waals surface area contributed by atoms with Crippen molar-refractivity contribution in [1.82, 2.24) is 26.1 Å². The van der Waals surface area contributed by atoms with E-state index in [1.54, 1.807) is 13.0 Å². The highest BCUT2D eigenvalue weighted by Crippen LogP contribution is 2.16. The molecule has 1 saturated heterocycles. The third kappa shape index (κ3) is 6.80. The summed E-state index contributed by atoms with van der Waals surface area (Å²) < 4.78 is 0. The number of rotatable bonds is 8. The van der Waals surface area contributed by atoms with E-state index in [1.165, 1.54) is 23.1 Å². The average Bonchev–Trinajstić information content (AvgIpc) is 2.95. The molecule has 11 heteroatoms. The van der Waals surface area contributed by atoms with E-state index in [0.29, 0.717) is 11.7 Å². The molecule has 1 aliphatic rings. The number of hydrogen-bond donors (Lipinski definition) is 4. The van der Waals surface area contributed by atoms with Crippen LogP contribution in [0, 0.1) is 6.92 Å². The number of aromatic nitrogens is 2. The van der Waals surface area contributed by atoms with Crippen molar-refractivity contribution in [3.8, 4) is 0 Å². The Labute approximate surface area is 153 Å². The van der Waals surface area contributed by atoms with E-state index < -0.39 is 5.50 Å². The summed E-state index contributed by atoms with van der Waals surface area (Å²) in [6.07, 6.45) is 2.00. The van der Waals surface area contributed by atoms with Gasteiger partial charge in [0.15, 0.2) is 0 Å². The van der Waals surface area contributed by atoms with Crippen LogP contribution in [0.15, 0.2) is 12.7 Å². The van der Waals surface area contributed by atoms with Gasteiger partial charge in [-0.1, -0.05) is 17.4 Å². The molecular formula is C14H20N6O3S2. The van der Waals surface area contributed by atoms with Crippen LogP contribution in [-0.2, 0) is 14.4 Å². The Bertz CT molecular complexity index is 650. The summed E-state index contributed by atoms with van der Waals surface area (Å²) in [5.74, 6) is -0.410. The van der Waals surface area contributed by atoms with Gasteiger partial charge < -0.3 is 10.6 Å². The quantitative estimate of drug-likeness (QED) is 0.464. The number of aryl methyl sites for hydroxylation is 1. The molecule has 0 saturated carbocycles. The van der Waals surface area contributed by atoms with E-state index in [2.05, 4.69) is 38.0 Å². The average molecular weight is 384 g/mol. The van der Waals surface area contributed by atoms with Crippen LogP contribution in [0.4, 0.5) is 5.13 Å². The minimum atomic E-state index is -0.430. The Hall–Kier alpha value is -1.98. The lowest BCUT2D eigenvalue weighted by Crippen LogP contribution is -2.56. The van der Waals surface area contributed by atoms with E-state index in [4.69, 9.17) is 0 Å². The highest BCUT2D eigenvalue weighted by Gasteiger charge is 2.28. The van der Waals surface area contributed by atoms with Crippen molar-refractivity contribution in [3.63, 3.8) is 0 Å². The molecule has 4 N–H and O–H groups in total. The van der Waals surface area contributed by atoms with Gasteiger partial charge in [-0.25, -0.2) is 0 Å². The van der Waals surface area contributed by atoms with Crippen molar-refractivity contribution in [1.29, 1.82) is 0 Å². The molecule has 1 aromatic rings. The number of hydrogen-bond acceptors (Lipinski definition) is 8. The normalized spacial score (nSPS) is 19.8. The number of nitrogens with one attached hydrogen (secondary N) is 4. The molecule has 2 rings (SSSR count). The monoisotopic (exact) mass is 384 g/mol.